The van der Waals surface area contributed by atoms with Gasteiger partial charge in [-0.1, -0.05) is 23.2 Å². The van der Waals surface area contributed by atoms with Crippen molar-refractivity contribution in [1.82, 2.24) is 14.9 Å². The molecule has 2 aliphatic heterocycles. The van der Waals surface area contributed by atoms with E-state index in [1.807, 2.05) is 18.0 Å². The number of nitrogens with zero attached hydrogens (tertiary/aromatic N) is 3. The smallest absolute Gasteiger partial charge is 0.350 e. The van der Waals surface area contributed by atoms with E-state index in [4.69, 9.17) is 23.2 Å². The largest absolute Gasteiger partial charge is 0.388 e. The summed E-state index contributed by atoms with van der Waals surface area (Å²) in [4.78, 5) is 19.2. The standard InChI is InChI=1S/C21H19Cl2FN4OS/c1-12-10-25-5-7-27(12)20-16-9-17(23)14(15-8-13(22)2-3-18(15)24)4-6-28(19(16)11-30)21(29)26-20/h2-3,8-11,25,30H,4-7H2,1H3/b16-9+,17-14-,19-11-. The molecule has 5 nitrogen and oxygen atoms in total. The van der Waals surface area contributed by atoms with Gasteiger partial charge in [0, 0.05) is 52.4 Å². The molecule has 0 radical (unpaired) electrons. The first-order chi connectivity index (χ1) is 14.4. The van der Waals surface area contributed by atoms with Gasteiger partial charge in [0.05, 0.1) is 5.35 Å². The summed E-state index contributed by atoms with van der Waals surface area (Å²) in [5.74, 6) is 0.0792. The van der Waals surface area contributed by atoms with Crippen molar-refractivity contribution in [2.45, 2.75) is 19.9 Å². The Hall–Kier alpha value is -2.22. The first-order valence-electron chi connectivity index (χ1n) is 9.39. The normalized spacial score (nSPS) is 20.7. The summed E-state index contributed by atoms with van der Waals surface area (Å²) in [5.41, 5.74) is 1.44. The third-order valence-electron chi connectivity index (χ3n) is 5.23. The van der Waals surface area contributed by atoms with Crippen LogP contribution in [0.2, 0.25) is 5.02 Å². The molecule has 0 amide bonds. The summed E-state index contributed by atoms with van der Waals surface area (Å²) in [6, 6.07) is 4.35. The van der Waals surface area contributed by atoms with Crippen LogP contribution in [0.5, 0.6) is 0 Å². The topological polar surface area (TPSA) is 50.2 Å². The van der Waals surface area contributed by atoms with E-state index in [-0.39, 0.29) is 6.54 Å². The predicted octanol–water partition coefficient (Wildman–Crippen LogP) is 2.81. The average molecular weight is 465 g/mol. The minimum Gasteiger partial charge on any atom is -0.388 e. The predicted molar refractivity (Wildman–Crippen MR) is 124 cm³/mol. The van der Waals surface area contributed by atoms with Crippen molar-refractivity contribution in [3.8, 4) is 0 Å². The number of hydrogen-bond donors (Lipinski definition) is 2. The van der Waals surface area contributed by atoms with Crippen molar-refractivity contribution in [1.29, 1.82) is 0 Å². The highest BCUT2D eigenvalue weighted by Crippen LogP contribution is 2.31. The van der Waals surface area contributed by atoms with Crippen LogP contribution in [-0.4, -0.2) is 22.6 Å². The first-order valence-corrected chi connectivity index (χ1v) is 10.7. The Balaban J connectivity index is 2.03. The van der Waals surface area contributed by atoms with E-state index in [1.165, 1.54) is 16.7 Å². The monoisotopic (exact) mass is 464 g/mol. The number of hydrogen-bond acceptors (Lipinski definition) is 5. The van der Waals surface area contributed by atoms with Crippen LogP contribution < -0.4 is 26.5 Å². The maximum absolute atomic E-state index is 14.6. The summed E-state index contributed by atoms with van der Waals surface area (Å²) >= 11 is 17.1. The Bertz CT molecular complexity index is 1270. The highest BCUT2D eigenvalue weighted by Gasteiger charge is 2.21. The van der Waals surface area contributed by atoms with Crippen LogP contribution in [0.25, 0.3) is 17.1 Å². The summed E-state index contributed by atoms with van der Waals surface area (Å²) < 4.78 is 16.1. The maximum atomic E-state index is 14.6. The van der Waals surface area contributed by atoms with Crippen LogP contribution >= 0.6 is 35.8 Å². The zero-order chi connectivity index (χ0) is 21.4. The van der Waals surface area contributed by atoms with Gasteiger partial charge >= 0.3 is 5.69 Å². The number of anilines is 1. The lowest BCUT2D eigenvalue weighted by molar-refractivity contribution is 0.614. The molecule has 0 unspecified atom stereocenters. The molecule has 4 rings (SSSR count). The van der Waals surface area contributed by atoms with Crippen LogP contribution in [0.3, 0.4) is 0 Å². The molecule has 1 N–H and O–H groups in total. The molecule has 0 aliphatic carbocycles. The summed E-state index contributed by atoms with van der Waals surface area (Å²) in [6.07, 6.45) is 3.95. The van der Waals surface area contributed by atoms with Crippen molar-refractivity contribution in [2.75, 3.05) is 18.0 Å². The van der Waals surface area contributed by atoms with E-state index in [0.717, 1.165) is 5.70 Å². The summed E-state index contributed by atoms with van der Waals surface area (Å²) in [7, 11) is 0. The zero-order valence-corrected chi connectivity index (χ0v) is 18.5. The molecule has 0 saturated carbocycles. The number of rotatable bonds is 2. The molecule has 1 aromatic heterocycles. The molecule has 0 fully saturated rings. The van der Waals surface area contributed by atoms with Gasteiger partial charge in [0.25, 0.3) is 0 Å². The van der Waals surface area contributed by atoms with Gasteiger partial charge in [0.1, 0.15) is 11.6 Å². The van der Waals surface area contributed by atoms with E-state index in [9.17, 15) is 9.18 Å². The van der Waals surface area contributed by atoms with Crippen LogP contribution in [0, 0.1) is 5.82 Å². The Morgan fingerprint density at radius 2 is 2.10 bits per heavy atom. The number of nitrogens with one attached hydrogen (secondary N) is 1. The van der Waals surface area contributed by atoms with E-state index in [2.05, 4.69) is 22.9 Å². The minimum atomic E-state index is -0.419. The average Bonchev–Trinajstić information content (AvgIpc) is 2.71. The molecule has 156 valence electrons. The maximum Gasteiger partial charge on any atom is 0.350 e. The van der Waals surface area contributed by atoms with Gasteiger partial charge in [0.2, 0.25) is 0 Å². The molecule has 3 heterocycles. The number of fused-ring (bicyclic) bond motifs is 2. The summed E-state index contributed by atoms with van der Waals surface area (Å²) in [6.45, 7) is 3.57. The van der Waals surface area contributed by atoms with Crippen molar-refractivity contribution in [3.05, 3.63) is 72.6 Å². The summed E-state index contributed by atoms with van der Waals surface area (Å²) in [5, 5.41) is 6.81. The minimum absolute atomic E-state index is 0.285. The Kier molecular flexibility index (Phi) is 5.95. The fraction of sp³-hybridized carbons (Fsp3) is 0.238. The fourth-order valence-electron chi connectivity index (χ4n) is 3.75. The lowest BCUT2D eigenvalue weighted by Crippen LogP contribution is -2.50. The first kappa shape index (κ1) is 21.0. The molecule has 1 aromatic carbocycles. The lowest BCUT2D eigenvalue weighted by Gasteiger charge is -2.29. The number of benzene rings is 1. The molecule has 9 heteroatoms. The molecule has 0 saturated heterocycles. The van der Waals surface area contributed by atoms with Crippen LogP contribution in [0.4, 0.5) is 10.2 Å². The second kappa shape index (κ2) is 8.49. The second-order valence-electron chi connectivity index (χ2n) is 7.03. The SMILES string of the molecule is CC1=CNCCN1c1nc(=O)n2c(=C\S)/c1=C\C(Cl)=C(\c1cc(Cl)ccc1F)CC2. The van der Waals surface area contributed by atoms with Crippen LogP contribution in [-0.2, 0) is 6.54 Å². The number of thiol groups is 1. The molecule has 2 aliphatic rings. The van der Waals surface area contributed by atoms with Gasteiger partial charge in [0.15, 0.2) is 0 Å². The third-order valence-corrected chi connectivity index (χ3v) is 6.05. The van der Waals surface area contributed by atoms with Gasteiger partial charge < -0.3 is 10.2 Å². The van der Waals surface area contributed by atoms with Gasteiger partial charge in [-0.2, -0.15) is 4.98 Å². The molecular weight excluding hydrogens is 446 g/mol. The second-order valence-corrected chi connectivity index (χ2v) is 8.14. The number of aromatic nitrogens is 2. The molecule has 0 spiro atoms. The van der Waals surface area contributed by atoms with E-state index in [0.29, 0.717) is 57.1 Å². The van der Waals surface area contributed by atoms with Crippen LogP contribution in [0.1, 0.15) is 18.9 Å². The highest BCUT2D eigenvalue weighted by atomic mass is 35.5. The van der Waals surface area contributed by atoms with Crippen LogP contribution in [0.15, 0.2) is 39.9 Å². The van der Waals surface area contributed by atoms with Gasteiger partial charge in [-0.3, -0.25) is 4.57 Å². The van der Waals surface area contributed by atoms with E-state index < -0.39 is 11.5 Å². The molecule has 30 heavy (non-hydrogen) atoms. The Morgan fingerprint density at radius 3 is 2.83 bits per heavy atom. The van der Waals surface area contributed by atoms with Gasteiger partial charge in [-0.15, -0.1) is 12.6 Å². The fourth-order valence-corrected chi connectivity index (χ4v) is 4.50. The van der Waals surface area contributed by atoms with Gasteiger partial charge in [-0.25, -0.2) is 9.18 Å². The van der Waals surface area contributed by atoms with Crippen molar-refractivity contribution in [2.24, 2.45) is 0 Å². The number of allylic oxidation sites excluding steroid dienone is 3. The molecule has 0 atom stereocenters. The van der Waals surface area contributed by atoms with E-state index >= 15 is 0 Å². The Labute approximate surface area is 188 Å². The van der Waals surface area contributed by atoms with Crippen molar-refractivity contribution < 1.29 is 4.39 Å². The lowest BCUT2D eigenvalue weighted by atomic mass is 10.00. The quantitative estimate of drug-likeness (QED) is 0.670. The highest BCUT2D eigenvalue weighted by molar-refractivity contribution is 7.88. The zero-order valence-electron chi connectivity index (χ0n) is 16.1. The van der Waals surface area contributed by atoms with Crippen molar-refractivity contribution >= 4 is 58.7 Å². The molecule has 2 bridgehead atoms. The number of halogens is 3. The third kappa shape index (κ3) is 3.77. The van der Waals surface area contributed by atoms with Crippen molar-refractivity contribution in [3.63, 3.8) is 0 Å². The molecular formula is C21H19Cl2FN4OS. The van der Waals surface area contributed by atoms with E-state index in [1.54, 1.807) is 17.6 Å². The molecule has 2 aromatic rings. The Morgan fingerprint density at radius 1 is 1.30 bits per heavy atom. The van der Waals surface area contributed by atoms with Gasteiger partial charge in [-0.05, 0) is 48.6 Å².